The van der Waals surface area contributed by atoms with Gasteiger partial charge >= 0.3 is 5.97 Å². The molecule has 0 aliphatic heterocycles. The Bertz CT molecular complexity index is 974. The minimum absolute atomic E-state index is 0.00528. The fourth-order valence-corrected chi connectivity index (χ4v) is 3.91. The van der Waals surface area contributed by atoms with Crippen LogP contribution in [0.2, 0.25) is 0 Å². The Labute approximate surface area is 156 Å². The number of anilines is 2. The lowest BCUT2D eigenvalue weighted by Gasteiger charge is -2.24. The summed E-state index contributed by atoms with van der Waals surface area (Å²) in [7, 11) is 0. The van der Waals surface area contributed by atoms with Gasteiger partial charge in [-0.15, -0.1) is 0 Å². The smallest absolute Gasteiger partial charge is 0.340 e. The minimum atomic E-state index is -0.604. The van der Waals surface area contributed by atoms with E-state index in [2.05, 4.69) is 0 Å². The number of esters is 1. The topological polar surface area (TPSA) is 112 Å². The van der Waals surface area contributed by atoms with Crippen molar-refractivity contribution in [3.63, 3.8) is 0 Å². The second-order valence-electron chi connectivity index (χ2n) is 7.05. The standard InChI is InChI=1S/C21H20N2O4/c22-15-10-14(21(26)27-11-6-2-1-3-7-11)18(23)17-16(15)19(24)12-8-4-5-9-13(12)20(17)25/h4-5,8-11H,1-3,6-7,22-23H2. The molecule has 0 unspecified atom stereocenters. The molecule has 0 atom stereocenters. The third kappa shape index (κ3) is 2.77. The molecule has 0 aromatic heterocycles. The van der Waals surface area contributed by atoms with Crippen LogP contribution < -0.4 is 11.5 Å². The van der Waals surface area contributed by atoms with Crippen LogP contribution in [0.5, 0.6) is 0 Å². The highest BCUT2D eigenvalue weighted by molar-refractivity contribution is 6.32. The summed E-state index contributed by atoms with van der Waals surface area (Å²) in [5.41, 5.74) is 12.9. The number of carbonyl (C=O) groups is 3. The number of carbonyl (C=O) groups excluding carboxylic acids is 3. The Morgan fingerprint density at radius 3 is 2.15 bits per heavy atom. The molecule has 1 saturated carbocycles. The maximum Gasteiger partial charge on any atom is 0.340 e. The fraction of sp³-hybridized carbons (Fsp3) is 0.286. The van der Waals surface area contributed by atoms with Gasteiger partial charge in [-0.05, 0) is 31.7 Å². The number of rotatable bonds is 2. The van der Waals surface area contributed by atoms with Crippen molar-refractivity contribution < 1.29 is 19.1 Å². The summed E-state index contributed by atoms with van der Waals surface area (Å²) in [5, 5.41) is 0. The van der Waals surface area contributed by atoms with E-state index in [1.54, 1.807) is 24.3 Å². The van der Waals surface area contributed by atoms with Crippen molar-refractivity contribution in [1.29, 1.82) is 0 Å². The maximum absolute atomic E-state index is 13.0. The van der Waals surface area contributed by atoms with E-state index in [1.807, 2.05) is 0 Å². The molecule has 1 fully saturated rings. The molecule has 4 rings (SSSR count). The molecule has 0 amide bonds. The van der Waals surface area contributed by atoms with Gasteiger partial charge in [0, 0.05) is 16.8 Å². The highest BCUT2D eigenvalue weighted by Crippen LogP contribution is 2.37. The molecular weight excluding hydrogens is 344 g/mol. The summed E-state index contributed by atoms with van der Waals surface area (Å²) in [6.07, 6.45) is 4.65. The zero-order chi connectivity index (χ0) is 19.1. The molecule has 0 bridgehead atoms. The molecule has 2 aromatic carbocycles. The van der Waals surface area contributed by atoms with Gasteiger partial charge < -0.3 is 16.2 Å². The maximum atomic E-state index is 13.0. The second-order valence-corrected chi connectivity index (χ2v) is 7.05. The lowest BCUT2D eigenvalue weighted by atomic mass is 9.81. The van der Waals surface area contributed by atoms with Crippen molar-refractivity contribution in [2.45, 2.75) is 38.2 Å². The number of benzene rings is 2. The van der Waals surface area contributed by atoms with Crippen LogP contribution in [0, 0.1) is 0 Å². The largest absolute Gasteiger partial charge is 0.459 e. The van der Waals surface area contributed by atoms with Crippen molar-refractivity contribution in [2.75, 3.05) is 11.5 Å². The second kappa shape index (κ2) is 6.54. The zero-order valence-corrected chi connectivity index (χ0v) is 14.8. The molecule has 6 nitrogen and oxygen atoms in total. The predicted octanol–water partition coefficient (Wildman–Crippen LogP) is 3.12. The monoisotopic (exact) mass is 364 g/mol. The molecule has 0 spiro atoms. The van der Waals surface area contributed by atoms with Gasteiger partial charge in [-0.25, -0.2) is 4.79 Å². The Kier molecular flexibility index (Phi) is 4.18. The van der Waals surface area contributed by atoms with Crippen molar-refractivity contribution in [3.8, 4) is 0 Å². The Hall–Kier alpha value is -3.15. The summed E-state index contributed by atoms with van der Waals surface area (Å²) < 4.78 is 5.57. The van der Waals surface area contributed by atoms with Gasteiger partial charge in [0.2, 0.25) is 0 Å². The summed E-state index contributed by atoms with van der Waals surface area (Å²) in [5.74, 6) is -1.37. The first-order chi connectivity index (χ1) is 13.0. The van der Waals surface area contributed by atoms with Crippen LogP contribution in [-0.2, 0) is 4.74 Å². The Morgan fingerprint density at radius 2 is 1.52 bits per heavy atom. The lowest BCUT2D eigenvalue weighted by molar-refractivity contribution is 0.0212. The van der Waals surface area contributed by atoms with Crippen LogP contribution in [0.4, 0.5) is 11.4 Å². The number of nitrogens with two attached hydrogens (primary N) is 2. The first kappa shape index (κ1) is 17.3. The first-order valence-electron chi connectivity index (χ1n) is 9.10. The van der Waals surface area contributed by atoms with E-state index in [4.69, 9.17) is 16.2 Å². The molecular formula is C21H20N2O4. The number of hydrogen-bond donors (Lipinski definition) is 2. The number of ether oxygens (including phenoxy) is 1. The number of hydrogen-bond acceptors (Lipinski definition) is 6. The van der Waals surface area contributed by atoms with Gasteiger partial charge in [0.05, 0.1) is 22.4 Å². The third-order valence-corrected chi connectivity index (χ3v) is 5.31. The molecule has 2 aromatic rings. The number of fused-ring (bicyclic) bond motifs is 2. The van der Waals surface area contributed by atoms with E-state index >= 15 is 0 Å². The molecule has 6 heteroatoms. The minimum Gasteiger partial charge on any atom is -0.459 e. The SMILES string of the molecule is Nc1cc(C(=O)OC2CCCCC2)c(N)c2c1C(=O)c1ccccc1C2=O. The van der Waals surface area contributed by atoms with Crippen LogP contribution in [0.15, 0.2) is 30.3 Å². The number of ketones is 2. The molecule has 2 aliphatic rings. The van der Waals surface area contributed by atoms with Crippen molar-refractivity contribution in [3.05, 3.63) is 58.1 Å². The summed E-state index contributed by atoms with van der Waals surface area (Å²) in [4.78, 5) is 38.4. The van der Waals surface area contributed by atoms with E-state index in [1.165, 1.54) is 6.07 Å². The first-order valence-corrected chi connectivity index (χ1v) is 9.10. The van der Waals surface area contributed by atoms with Crippen LogP contribution in [0.25, 0.3) is 0 Å². The lowest BCUT2D eigenvalue weighted by Crippen LogP contribution is -2.27. The third-order valence-electron chi connectivity index (χ3n) is 5.31. The molecule has 0 radical (unpaired) electrons. The molecule has 0 saturated heterocycles. The average molecular weight is 364 g/mol. The molecule has 27 heavy (non-hydrogen) atoms. The highest BCUT2D eigenvalue weighted by Gasteiger charge is 2.35. The summed E-state index contributed by atoms with van der Waals surface area (Å²) in [6, 6.07) is 7.86. The van der Waals surface area contributed by atoms with E-state index < -0.39 is 11.8 Å². The highest BCUT2D eigenvalue weighted by atomic mass is 16.5. The van der Waals surface area contributed by atoms with Gasteiger partial charge in [0.15, 0.2) is 11.6 Å². The number of nitrogen functional groups attached to an aromatic ring is 2. The normalized spacial score (nSPS) is 16.6. The molecule has 4 N–H and O–H groups in total. The molecule has 2 aliphatic carbocycles. The van der Waals surface area contributed by atoms with Crippen molar-refractivity contribution >= 4 is 28.9 Å². The van der Waals surface area contributed by atoms with Gasteiger partial charge in [-0.2, -0.15) is 0 Å². The van der Waals surface area contributed by atoms with E-state index in [-0.39, 0.29) is 45.5 Å². The summed E-state index contributed by atoms with van der Waals surface area (Å²) in [6.45, 7) is 0. The van der Waals surface area contributed by atoms with Gasteiger partial charge in [0.25, 0.3) is 0 Å². The fourth-order valence-electron chi connectivity index (χ4n) is 3.91. The zero-order valence-electron chi connectivity index (χ0n) is 14.8. The van der Waals surface area contributed by atoms with Crippen molar-refractivity contribution in [1.82, 2.24) is 0 Å². The summed E-state index contributed by atoms with van der Waals surface area (Å²) >= 11 is 0. The Morgan fingerprint density at radius 1 is 0.926 bits per heavy atom. The van der Waals surface area contributed by atoms with Gasteiger partial charge in [-0.1, -0.05) is 30.7 Å². The molecule has 138 valence electrons. The van der Waals surface area contributed by atoms with Crippen LogP contribution in [0.1, 0.15) is 74.3 Å². The van der Waals surface area contributed by atoms with Crippen LogP contribution in [0.3, 0.4) is 0 Å². The van der Waals surface area contributed by atoms with E-state index in [0.29, 0.717) is 5.56 Å². The van der Waals surface area contributed by atoms with Crippen LogP contribution >= 0.6 is 0 Å². The van der Waals surface area contributed by atoms with Gasteiger partial charge in [-0.3, -0.25) is 9.59 Å². The van der Waals surface area contributed by atoms with E-state index in [0.717, 1.165) is 32.1 Å². The Balaban J connectivity index is 1.77. The van der Waals surface area contributed by atoms with Crippen molar-refractivity contribution in [2.24, 2.45) is 0 Å². The van der Waals surface area contributed by atoms with Crippen LogP contribution in [-0.4, -0.2) is 23.6 Å². The van der Waals surface area contributed by atoms with Gasteiger partial charge in [0.1, 0.15) is 6.10 Å². The van der Waals surface area contributed by atoms with E-state index in [9.17, 15) is 14.4 Å². The average Bonchev–Trinajstić information content (AvgIpc) is 2.68. The molecule has 0 heterocycles. The predicted molar refractivity (Wildman–Crippen MR) is 101 cm³/mol. The quantitative estimate of drug-likeness (QED) is 0.534.